The number of aliphatic hydroxyl groups excluding tert-OH is 1. The Balaban J connectivity index is 1.49. The van der Waals surface area contributed by atoms with Crippen LogP contribution in [0.1, 0.15) is 25.0 Å². The van der Waals surface area contributed by atoms with E-state index in [9.17, 15) is 5.11 Å². The minimum absolute atomic E-state index is 0.321. The third-order valence-electron chi connectivity index (χ3n) is 5.27. The number of aromatic nitrogens is 1. The molecule has 1 aromatic heterocycles. The quantitative estimate of drug-likeness (QED) is 0.782. The lowest BCUT2D eigenvalue weighted by atomic mass is 10.0. The first-order valence-corrected chi connectivity index (χ1v) is 10.1. The van der Waals surface area contributed by atoms with Gasteiger partial charge in [-0.25, -0.2) is 0 Å². The largest absolute Gasteiger partial charge is 0.487 e. The molecule has 4 rings (SSSR count). The molecule has 1 aromatic carbocycles. The fourth-order valence-electron chi connectivity index (χ4n) is 3.82. The molecule has 6 heteroatoms. The standard InChI is InChI=1S/C23H28N2O4/c1-23(2)27-15-19(29-23)22-21(26)20(25-12-10-16-7-4-3-5-8-16)18(28-22)13-17-9-6-11-24-14-17/h3-9,11,13-14,19-22,25-26H,10,12,15H2,1-2H3/b18-13-/t19?,20-,21+,22+/m0/s1. The number of hydrogen-bond acceptors (Lipinski definition) is 6. The van der Waals surface area contributed by atoms with E-state index in [0.717, 1.165) is 18.5 Å². The van der Waals surface area contributed by atoms with Crippen molar-refractivity contribution in [3.63, 3.8) is 0 Å². The number of pyridine rings is 1. The van der Waals surface area contributed by atoms with E-state index in [1.807, 2.05) is 50.3 Å². The molecule has 0 bridgehead atoms. The highest BCUT2D eigenvalue weighted by Gasteiger charge is 2.49. The van der Waals surface area contributed by atoms with E-state index in [0.29, 0.717) is 12.4 Å². The van der Waals surface area contributed by atoms with Crippen molar-refractivity contribution < 1.29 is 19.3 Å². The topological polar surface area (TPSA) is 72.8 Å². The second-order valence-electron chi connectivity index (χ2n) is 7.94. The normalized spacial score (nSPS) is 29.8. The lowest BCUT2D eigenvalue weighted by molar-refractivity contribution is -0.156. The summed E-state index contributed by atoms with van der Waals surface area (Å²) in [6.07, 6.45) is 4.75. The highest BCUT2D eigenvalue weighted by Crippen LogP contribution is 2.34. The van der Waals surface area contributed by atoms with Gasteiger partial charge in [-0.1, -0.05) is 36.4 Å². The molecule has 0 spiro atoms. The summed E-state index contributed by atoms with van der Waals surface area (Å²) in [6, 6.07) is 13.8. The van der Waals surface area contributed by atoms with Crippen LogP contribution in [0.4, 0.5) is 0 Å². The third-order valence-corrected chi connectivity index (χ3v) is 5.27. The van der Waals surface area contributed by atoms with Gasteiger partial charge < -0.3 is 24.6 Å². The van der Waals surface area contributed by atoms with Crippen LogP contribution in [0, 0.1) is 0 Å². The van der Waals surface area contributed by atoms with Crippen LogP contribution in [-0.2, 0) is 20.6 Å². The van der Waals surface area contributed by atoms with Gasteiger partial charge in [-0.2, -0.15) is 0 Å². The number of benzene rings is 1. The molecule has 2 aliphatic heterocycles. The van der Waals surface area contributed by atoms with Crippen LogP contribution in [0.2, 0.25) is 0 Å². The second kappa shape index (κ2) is 8.63. The van der Waals surface area contributed by atoms with E-state index in [2.05, 4.69) is 22.4 Å². The zero-order valence-electron chi connectivity index (χ0n) is 16.8. The summed E-state index contributed by atoms with van der Waals surface area (Å²) in [7, 11) is 0. The molecular weight excluding hydrogens is 368 g/mol. The molecule has 154 valence electrons. The maximum Gasteiger partial charge on any atom is 0.163 e. The first-order valence-electron chi connectivity index (χ1n) is 10.1. The maximum absolute atomic E-state index is 11.0. The van der Waals surface area contributed by atoms with E-state index in [1.54, 1.807) is 12.4 Å². The van der Waals surface area contributed by atoms with Crippen LogP contribution < -0.4 is 5.32 Å². The first kappa shape index (κ1) is 20.0. The first-order chi connectivity index (χ1) is 14.0. The van der Waals surface area contributed by atoms with Crippen molar-refractivity contribution in [3.8, 4) is 0 Å². The summed E-state index contributed by atoms with van der Waals surface area (Å²) in [5.41, 5.74) is 2.17. The van der Waals surface area contributed by atoms with Crippen molar-refractivity contribution in [2.24, 2.45) is 0 Å². The Labute approximate surface area is 171 Å². The summed E-state index contributed by atoms with van der Waals surface area (Å²) in [6.45, 7) is 4.86. The minimum Gasteiger partial charge on any atom is -0.487 e. The SMILES string of the molecule is CC1(C)OCC([C@H]2O/C(=C\c3cccnc3)[C@H](NCCc3ccccc3)[C@H]2O)O1. The van der Waals surface area contributed by atoms with Gasteiger partial charge in [0.2, 0.25) is 0 Å². The van der Waals surface area contributed by atoms with Gasteiger partial charge in [-0.3, -0.25) is 4.98 Å². The summed E-state index contributed by atoms with van der Waals surface area (Å²) in [5, 5.41) is 14.5. The molecule has 2 aliphatic rings. The number of nitrogens with one attached hydrogen (secondary N) is 1. The van der Waals surface area contributed by atoms with E-state index in [4.69, 9.17) is 14.2 Å². The molecular formula is C23H28N2O4. The third kappa shape index (κ3) is 4.85. The average molecular weight is 396 g/mol. The fraction of sp³-hybridized carbons (Fsp3) is 0.435. The molecule has 29 heavy (non-hydrogen) atoms. The molecule has 2 saturated heterocycles. The van der Waals surface area contributed by atoms with Crippen molar-refractivity contribution >= 4 is 6.08 Å². The molecule has 6 nitrogen and oxygen atoms in total. The van der Waals surface area contributed by atoms with Crippen molar-refractivity contribution in [1.29, 1.82) is 0 Å². The van der Waals surface area contributed by atoms with E-state index in [-0.39, 0.29) is 12.1 Å². The van der Waals surface area contributed by atoms with Crippen LogP contribution in [0.5, 0.6) is 0 Å². The zero-order chi connectivity index (χ0) is 20.3. The Morgan fingerprint density at radius 1 is 1.21 bits per heavy atom. The Kier molecular flexibility index (Phi) is 5.96. The summed E-state index contributed by atoms with van der Waals surface area (Å²) < 4.78 is 17.8. The van der Waals surface area contributed by atoms with Gasteiger partial charge in [0.25, 0.3) is 0 Å². The molecule has 0 amide bonds. The molecule has 2 fully saturated rings. The molecule has 2 aromatic rings. The highest BCUT2D eigenvalue weighted by molar-refractivity contribution is 5.52. The molecule has 3 heterocycles. The number of ether oxygens (including phenoxy) is 3. The van der Waals surface area contributed by atoms with E-state index < -0.39 is 18.0 Å². The van der Waals surface area contributed by atoms with E-state index >= 15 is 0 Å². The van der Waals surface area contributed by atoms with Gasteiger partial charge in [0.1, 0.15) is 18.0 Å². The summed E-state index contributed by atoms with van der Waals surface area (Å²) in [5.74, 6) is 0.0247. The molecule has 1 unspecified atom stereocenters. The fourth-order valence-corrected chi connectivity index (χ4v) is 3.82. The summed E-state index contributed by atoms with van der Waals surface area (Å²) in [4.78, 5) is 4.16. The average Bonchev–Trinajstić information content (AvgIpc) is 3.23. The Morgan fingerprint density at radius 3 is 2.72 bits per heavy atom. The highest BCUT2D eigenvalue weighted by atomic mass is 16.8. The minimum atomic E-state index is -0.740. The van der Waals surface area contributed by atoms with Crippen LogP contribution in [-0.4, -0.2) is 53.4 Å². The predicted octanol–water partition coefficient (Wildman–Crippen LogP) is 2.53. The number of hydrogen-bond donors (Lipinski definition) is 2. The van der Waals surface area contributed by atoms with Crippen LogP contribution in [0.25, 0.3) is 6.08 Å². The number of nitrogens with zero attached hydrogens (tertiary/aromatic N) is 1. The van der Waals surface area contributed by atoms with Gasteiger partial charge in [0, 0.05) is 12.4 Å². The van der Waals surface area contributed by atoms with Crippen molar-refractivity contribution in [2.75, 3.05) is 13.2 Å². The van der Waals surface area contributed by atoms with Gasteiger partial charge in [0.15, 0.2) is 11.9 Å². The zero-order valence-corrected chi connectivity index (χ0v) is 16.8. The summed E-state index contributed by atoms with van der Waals surface area (Å²) >= 11 is 0. The molecule has 0 aliphatic carbocycles. The van der Waals surface area contributed by atoms with Gasteiger partial charge >= 0.3 is 0 Å². The molecule has 0 saturated carbocycles. The Bertz CT molecular complexity index is 825. The Hall–Kier alpha value is -2.25. The van der Waals surface area contributed by atoms with Crippen molar-refractivity contribution in [3.05, 3.63) is 71.7 Å². The van der Waals surface area contributed by atoms with Crippen LogP contribution in [0.3, 0.4) is 0 Å². The molecule has 0 radical (unpaired) electrons. The van der Waals surface area contributed by atoms with Gasteiger partial charge in [0.05, 0.1) is 12.6 Å². The molecule has 4 atom stereocenters. The van der Waals surface area contributed by atoms with Crippen molar-refractivity contribution in [2.45, 2.75) is 50.4 Å². The molecule has 2 N–H and O–H groups in total. The Morgan fingerprint density at radius 2 is 2.03 bits per heavy atom. The number of aliphatic hydroxyl groups is 1. The lowest BCUT2D eigenvalue weighted by Crippen LogP contribution is -2.45. The predicted molar refractivity (Wildman–Crippen MR) is 110 cm³/mol. The number of rotatable bonds is 6. The van der Waals surface area contributed by atoms with Gasteiger partial charge in [-0.15, -0.1) is 0 Å². The monoisotopic (exact) mass is 396 g/mol. The van der Waals surface area contributed by atoms with E-state index in [1.165, 1.54) is 5.56 Å². The van der Waals surface area contributed by atoms with Crippen LogP contribution >= 0.6 is 0 Å². The van der Waals surface area contributed by atoms with Crippen molar-refractivity contribution in [1.82, 2.24) is 10.3 Å². The van der Waals surface area contributed by atoms with Gasteiger partial charge in [-0.05, 0) is 50.1 Å². The van der Waals surface area contributed by atoms with Crippen LogP contribution in [0.15, 0.2) is 60.6 Å². The second-order valence-corrected chi connectivity index (χ2v) is 7.94. The maximum atomic E-state index is 11.0. The smallest absolute Gasteiger partial charge is 0.163 e. The lowest BCUT2D eigenvalue weighted by Gasteiger charge is -2.23.